The fraction of sp³-hybridized carbons (Fsp3) is 0.294. The van der Waals surface area contributed by atoms with Gasteiger partial charge < -0.3 is 10.6 Å². The molecule has 2 N–H and O–H groups in total. The Morgan fingerprint density at radius 2 is 2.10 bits per heavy atom. The van der Waals surface area contributed by atoms with E-state index in [-0.39, 0.29) is 0 Å². The smallest absolute Gasteiger partial charge is 0.103 e. The molecule has 3 nitrogen and oxygen atoms in total. The zero-order chi connectivity index (χ0) is 15.2. The molecular formula is C17H21N3S. The molecule has 0 aliphatic rings. The van der Waals surface area contributed by atoms with Gasteiger partial charge >= 0.3 is 0 Å². The van der Waals surface area contributed by atoms with Crippen LogP contribution in [0.2, 0.25) is 0 Å². The minimum Gasteiger partial charge on any atom is -0.389 e. The van der Waals surface area contributed by atoms with Crippen molar-refractivity contribution in [2.45, 2.75) is 19.9 Å². The molecular weight excluding hydrogens is 278 g/mol. The molecule has 0 radical (unpaired) electrons. The second-order valence-corrected chi connectivity index (χ2v) is 5.75. The van der Waals surface area contributed by atoms with Gasteiger partial charge in [-0.25, -0.2) is 0 Å². The van der Waals surface area contributed by atoms with Crippen LogP contribution in [0.15, 0.2) is 42.6 Å². The molecule has 0 saturated heterocycles. The molecule has 0 unspecified atom stereocenters. The summed E-state index contributed by atoms with van der Waals surface area (Å²) in [6.45, 7) is 3.99. The SMILES string of the molecule is Cc1cc(C(N)=S)ccc1CN(C)CCc1ccccn1. The maximum Gasteiger partial charge on any atom is 0.103 e. The number of nitrogens with zero attached hydrogens (tertiary/aromatic N) is 2. The summed E-state index contributed by atoms with van der Waals surface area (Å²) in [6.07, 6.45) is 2.80. The molecule has 0 saturated carbocycles. The Morgan fingerprint density at radius 1 is 1.29 bits per heavy atom. The number of pyridine rings is 1. The fourth-order valence-electron chi connectivity index (χ4n) is 2.25. The molecule has 1 heterocycles. The number of hydrogen-bond donors (Lipinski definition) is 1. The van der Waals surface area contributed by atoms with Gasteiger partial charge in [-0.3, -0.25) is 4.98 Å². The van der Waals surface area contributed by atoms with Crippen molar-refractivity contribution in [1.82, 2.24) is 9.88 Å². The van der Waals surface area contributed by atoms with E-state index in [4.69, 9.17) is 18.0 Å². The van der Waals surface area contributed by atoms with Crippen LogP contribution in [-0.4, -0.2) is 28.5 Å². The zero-order valence-electron chi connectivity index (χ0n) is 12.5. The molecule has 2 aromatic rings. The van der Waals surface area contributed by atoms with Crippen LogP contribution in [0.25, 0.3) is 0 Å². The zero-order valence-corrected chi connectivity index (χ0v) is 13.4. The van der Waals surface area contributed by atoms with Crippen LogP contribution in [0.1, 0.15) is 22.4 Å². The van der Waals surface area contributed by atoms with Gasteiger partial charge in [-0.15, -0.1) is 0 Å². The standard InChI is InChI=1S/C17H21N3S/c1-13-11-14(17(18)21)6-7-15(13)12-20(2)10-8-16-5-3-4-9-19-16/h3-7,9,11H,8,10,12H2,1-2H3,(H2,18,21). The lowest BCUT2D eigenvalue weighted by molar-refractivity contribution is 0.329. The van der Waals surface area contributed by atoms with Crippen LogP contribution in [0.3, 0.4) is 0 Å². The minimum atomic E-state index is 0.452. The highest BCUT2D eigenvalue weighted by Crippen LogP contribution is 2.13. The Morgan fingerprint density at radius 3 is 2.71 bits per heavy atom. The molecule has 0 aliphatic carbocycles. The molecule has 21 heavy (non-hydrogen) atoms. The number of hydrogen-bond acceptors (Lipinski definition) is 3. The number of thiocarbonyl (C=S) groups is 1. The quantitative estimate of drug-likeness (QED) is 0.833. The van der Waals surface area contributed by atoms with Crippen LogP contribution in [0, 0.1) is 6.92 Å². The first-order valence-corrected chi connectivity index (χ1v) is 7.45. The van der Waals surface area contributed by atoms with Crippen molar-refractivity contribution in [2.24, 2.45) is 5.73 Å². The number of benzene rings is 1. The summed E-state index contributed by atoms with van der Waals surface area (Å²) in [5.74, 6) is 0. The summed E-state index contributed by atoms with van der Waals surface area (Å²) in [4.78, 5) is 7.11. The van der Waals surface area contributed by atoms with Gasteiger partial charge in [-0.05, 0) is 43.3 Å². The van der Waals surface area contributed by atoms with Crippen molar-refractivity contribution in [3.63, 3.8) is 0 Å². The molecule has 2 rings (SSSR count). The average molecular weight is 299 g/mol. The largest absolute Gasteiger partial charge is 0.389 e. The monoisotopic (exact) mass is 299 g/mol. The first kappa shape index (κ1) is 15.6. The Hall–Kier alpha value is -1.78. The summed E-state index contributed by atoms with van der Waals surface area (Å²) in [5.41, 5.74) is 10.3. The highest BCUT2D eigenvalue weighted by atomic mass is 32.1. The fourth-order valence-corrected chi connectivity index (χ4v) is 2.37. The average Bonchev–Trinajstić information content (AvgIpc) is 2.48. The lowest BCUT2D eigenvalue weighted by Gasteiger charge is -2.18. The van der Waals surface area contributed by atoms with Gasteiger partial charge in [0.1, 0.15) is 4.99 Å². The Labute approximate surface area is 131 Å². The summed E-state index contributed by atoms with van der Waals surface area (Å²) in [5, 5.41) is 0. The van der Waals surface area contributed by atoms with E-state index in [0.717, 1.165) is 30.8 Å². The lowest BCUT2D eigenvalue weighted by atomic mass is 10.0. The minimum absolute atomic E-state index is 0.452. The van der Waals surface area contributed by atoms with Gasteiger partial charge in [0.25, 0.3) is 0 Å². The van der Waals surface area contributed by atoms with Crippen LogP contribution >= 0.6 is 12.2 Å². The number of nitrogens with two attached hydrogens (primary N) is 1. The number of rotatable bonds is 6. The molecule has 0 bridgehead atoms. The van der Waals surface area contributed by atoms with E-state index in [9.17, 15) is 0 Å². The third kappa shape index (κ3) is 4.62. The summed E-state index contributed by atoms with van der Waals surface area (Å²) in [7, 11) is 2.13. The van der Waals surface area contributed by atoms with Crippen LogP contribution in [0.4, 0.5) is 0 Å². The summed E-state index contributed by atoms with van der Waals surface area (Å²) >= 11 is 5.01. The Kier molecular flexibility index (Phi) is 5.42. The second kappa shape index (κ2) is 7.29. The predicted octanol–water partition coefficient (Wildman–Crippen LogP) is 2.70. The lowest BCUT2D eigenvalue weighted by Crippen LogP contribution is -2.21. The predicted molar refractivity (Wildman–Crippen MR) is 91.3 cm³/mol. The molecule has 0 aliphatic heterocycles. The first-order chi connectivity index (χ1) is 10.1. The van der Waals surface area contributed by atoms with Gasteiger partial charge in [0.2, 0.25) is 0 Å². The molecule has 0 atom stereocenters. The highest BCUT2D eigenvalue weighted by Gasteiger charge is 2.06. The summed E-state index contributed by atoms with van der Waals surface area (Å²) in [6, 6.07) is 12.2. The van der Waals surface area contributed by atoms with E-state index in [1.165, 1.54) is 11.1 Å². The maximum absolute atomic E-state index is 5.66. The molecule has 4 heteroatoms. The van der Waals surface area contributed by atoms with Gasteiger partial charge in [-0.2, -0.15) is 0 Å². The first-order valence-electron chi connectivity index (χ1n) is 7.04. The highest BCUT2D eigenvalue weighted by molar-refractivity contribution is 7.80. The van der Waals surface area contributed by atoms with Crippen molar-refractivity contribution >= 4 is 17.2 Å². The van der Waals surface area contributed by atoms with Gasteiger partial charge in [0.05, 0.1) is 0 Å². The summed E-state index contributed by atoms with van der Waals surface area (Å²) < 4.78 is 0. The van der Waals surface area contributed by atoms with Gasteiger partial charge in [-0.1, -0.05) is 30.4 Å². The van der Waals surface area contributed by atoms with E-state index >= 15 is 0 Å². The molecule has 1 aromatic heterocycles. The second-order valence-electron chi connectivity index (χ2n) is 5.31. The third-order valence-corrected chi connectivity index (χ3v) is 3.78. The Bertz CT molecular complexity index is 611. The van der Waals surface area contributed by atoms with E-state index in [2.05, 4.69) is 42.1 Å². The van der Waals surface area contributed by atoms with Gasteiger partial charge in [0, 0.05) is 37.0 Å². The van der Waals surface area contributed by atoms with Crippen molar-refractivity contribution < 1.29 is 0 Å². The van der Waals surface area contributed by atoms with Crippen molar-refractivity contribution in [3.8, 4) is 0 Å². The van der Waals surface area contributed by atoms with Gasteiger partial charge in [0.15, 0.2) is 0 Å². The molecule has 0 amide bonds. The normalized spacial score (nSPS) is 10.8. The van der Waals surface area contributed by atoms with E-state index < -0.39 is 0 Å². The van der Waals surface area contributed by atoms with Crippen molar-refractivity contribution in [3.05, 3.63) is 65.0 Å². The molecule has 1 aromatic carbocycles. The van der Waals surface area contributed by atoms with Crippen molar-refractivity contribution in [1.29, 1.82) is 0 Å². The molecule has 0 spiro atoms. The number of aryl methyl sites for hydroxylation is 1. The number of aromatic nitrogens is 1. The van der Waals surface area contributed by atoms with Crippen molar-refractivity contribution in [2.75, 3.05) is 13.6 Å². The van der Waals surface area contributed by atoms with Crippen LogP contribution in [0.5, 0.6) is 0 Å². The Balaban J connectivity index is 1.93. The topological polar surface area (TPSA) is 42.1 Å². The maximum atomic E-state index is 5.66. The van der Waals surface area contributed by atoms with E-state index in [1.807, 2.05) is 24.4 Å². The molecule has 110 valence electrons. The molecule has 0 fully saturated rings. The van der Waals surface area contributed by atoms with E-state index in [0.29, 0.717) is 4.99 Å². The number of likely N-dealkylation sites (N-methyl/N-ethyl adjacent to an activating group) is 1. The third-order valence-electron chi connectivity index (χ3n) is 3.54. The van der Waals surface area contributed by atoms with Crippen LogP contribution < -0.4 is 5.73 Å². The van der Waals surface area contributed by atoms with Crippen LogP contribution in [-0.2, 0) is 13.0 Å². The van der Waals surface area contributed by atoms with E-state index in [1.54, 1.807) is 0 Å².